The zero-order valence-corrected chi connectivity index (χ0v) is 17.0. The normalized spacial score (nSPS) is 14.8. The molecule has 0 spiro atoms. The summed E-state index contributed by atoms with van der Waals surface area (Å²) < 4.78 is 11.3. The van der Waals surface area contributed by atoms with Gasteiger partial charge in [0.2, 0.25) is 5.88 Å². The maximum absolute atomic E-state index is 13.2. The topological polar surface area (TPSA) is 81.4 Å². The van der Waals surface area contributed by atoms with Gasteiger partial charge >= 0.3 is 0 Å². The van der Waals surface area contributed by atoms with Crippen molar-refractivity contribution in [1.29, 1.82) is 0 Å². The molecule has 3 heterocycles. The van der Waals surface area contributed by atoms with Crippen molar-refractivity contribution >= 4 is 17.5 Å². The second-order valence-electron chi connectivity index (χ2n) is 6.99. The highest BCUT2D eigenvalue weighted by atomic mass is 35.5. The number of aromatic nitrogens is 3. The summed E-state index contributed by atoms with van der Waals surface area (Å²) in [5, 5.41) is 4.63. The first-order chi connectivity index (χ1) is 14.0. The van der Waals surface area contributed by atoms with Gasteiger partial charge in [0.1, 0.15) is 28.9 Å². The summed E-state index contributed by atoms with van der Waals surface area (Å²) in [6.07, 6.45) is 3.14. The van der Waals surface area contributed by atoms with Crippen molar-refractivity contribution in [3.8, 4) is 17.1 Å². The summed E-state index contributed by atoms with van der Waals surface area (Å²) in [6, 6.07) is 9.05. The summed E-state index contributed by atoms with van der Waals surface area (Å²) in [6.45, 7) is 4.74. The van der Waals surface area contributed by atoms with Crippen molar-refractivity contribution in [2.24, 2.45) is 0 Å². The van der Waals surface area contributed by atoms with Crippen LogP contribution in [-0.4, -0.2) is 45.1 Å². The summed E-state index contributed by atoms with van der Waals surface area (Å²) in [7, 11) is 0. The number of aryl methyl sites for hydroxylation is 2. The molecule has 0 radical (unpaired) electrons. The second-order valence-corrected chi connectivity index (χ2v) is 7.40. The number of amides is 1. The van der Waals surface area contributed by atoms with Crippen molar-refractivity contribution in [1.82, 2.24) is 20.0 Å². The molecule has 0 bridgehead atoms. The van der Waals surface area contributed by atoms with Gasteiger partial charge < -0.3 is 14.2 Å². The molecule has 0 aliphatic carbocycles. The summed E-state index contributed by atoms with van der Waals surface area (Å²) in [4.78, 5) is 23.4. The van der Waals surface area contributed by atoms with Crippen LogP contribution in [0.1, 0.15) is 34.8 Å². The lowest BCUT2D eigenvalue weighted by Gasteiger charge is -2.32. The van der Waals surface area contributed by atoms with E-state index in [2.05, 4.69) is 15.1 Å². The van der Waals surface area contributed by atoms with E-state index in [0.717, 1.165) is 12.8 Å². The lowest BCUT2D eigenvalue weighted by atomic mass is 10.0. The number of halogens is 1. The highest BCUT2D eigenvalue weighted by Crippen LogP contribution is 2.32. The van der Waals surface area contributed by atoms with E-state index in [0.29, 0.717) is 52.4 Å². The fourth-order valence-corrected chi connectivity index (χ4v) is 3.69. The molecule has 1 saturated heterocycles. The number of piperidine rings is 1. The van der Waals surface area contributed by atoms with Crippen LogP contribution in [-0.2, 0) is 0 Å². The van der Waals surface area contributed by atoms with Crippen LogP contribution in [0.2, 0.25) is 5.02 Å². The van der Waals surface area contributed by atoms with Gasteiger partial charge in [0.05, 0.1) is 5.02 Å². The average molecular weight is 413 g/mol. The Labute approximate surface area is 173 Å². The Morgan fingerprint density at radius 2 is 1.97 bits per heavy atom. The molecule has 0 unspecified atom stereocenters. The van der Waals surface area contributed by atoms with Crippen LogP contribution in [0.3, 0.4) is 0 Å². The van der Waals surface area contributed by atoms with Crippen molar-refractivity contribution in [2.75, 3.05) is 13.1 Å². The van der Waals surface area contributed by atoms with Gasteiger partial charge in [-0.3, -0.25) is 4.79 Å². The third kappa shape index (κ3) is 4.10. The molecule has 150 valence electrons. The average Bonchev–Trinajstić information content (AvgIpc) is 3.09. The van der Waals surface area contributed by atoms with Gasteiger partial charge in [-0.25, -0.2) is 4.98 Å². The summed E-state index contributed by atoms with van der Waals surface area (Å²) in [5.41, 5.74) is 1.63. The van der Waals surface area contributed by atoms with Gasteiger partial charge in [0, 0.05) is 43.8 Å². The van der Waals surface area contributed by atoms with Crippen LogP contribution in [0.5, 0.6) is 5.88 Å². The van der Waals surface area contributed by atoms with E-state index in [1.54, 1.807) is 25.3 Å². The molecule has 0 N–H and O–H groups in total. The Morgan fingerprint density at radius 3 is 2.69 bits per heavy atom. The van der Waals surface area contributed by atoms with Gasteiger partial charge in [0.25, 0.3) is 5.91 Å². The van der Waals surface area contributed by atoms with Crippen molar-refractivity contribution in [3.63, 3.8) is 0 Å². The van der Waals surface area contributed by atoms with E-state index < -0.39 is 0 Å². The lowest BCUT2D eigenvalue weighted by molar-refractivity contribution is 0.0586. The van der Waals surface area contributed by atoms with Gasteiger partial charge in [-0.05, 0) is 19.9 Å². The SMILES string of the molecule is Cc1nccc(OC2CCN(C(=O)c3c(-c4ccccc4Cl)noc3C)CC2)n1. The van der Waals surface area contributed by atoms with E-state index >= 15 is 0 Å². The van der Waals surface area contributed by atoms with Crippen LogP contribution in [0.4, 0.5) is 0 Å². The van der Waals surface area contributed by atoms with Gasteiger partial charge in [-0.1, -0.05) is 35.0 Å². The molecular formula is C21H21ClN4O3. The molecule has 3 aromatic rings. The Morgan fingerprint density at radius 1 is 1.21 bits per heavy atom. The molecule has 2 aromatic heterocycles. The molecule has 1 aliphatic rings. The largest absolute Gasteiger partial charge is 0.474 e. The fourth-order valence-electron chi connectivity index (χ4n) is 3.47. The monoisotopic (exact) mass is 412 g/mol. The van der Waals surface area contributed by atoms with Crippen molar-refractivity contribution in [2.45, 2.75) is 32.8 Å². The number of carbonyl (C=O) groups is 1. The summed E-state index contributed by atoms with van der Waals surface area (Å²) in [5.74, 6) is 1.62. The lowest BCUT2D eigenvalue weighted by Crippen LogP contribution is -2.42. The standard InChI is InChI=1S/C21H21ClN4O3/c1-13-19(20(25-29-13)16-5-3-4-6-17(16)22)21(27)26-11-8-15(9-12-26)28-18-7-10-23-14(2)24-18/h3-7,10,15H,8-9,11-12H2,1-2H3. The highest BCUT2D eigenvalue weighted by molar-refractivity contribution is 6.33. The number of hydrogen-bond acceptors (Lipinski definition) is 6. The molecule has 0 atom stereocenters. The molecule has 4 rings (SSSR count). The Hall–Kier alpha value is -2.93. The smallest absolute Gasteiger partial charge is 0.259 e. The van der Waals surface area contributed by atoms with Crippen molar-refractivity contribution < 1.29 is 14.1 Å². The zero-order valence-electron chi connectivity index (χ0n) is 16.3. The Balaban J connectivity index is 1.47. The number of rotatable bonds is 4. The maximum atomic E-state index is 13.2. The minimum absolute atomic E-state index is 0.0139. The van der Waals surface area contributed by atoms with Gasteiger partial charge in [-0.2, -0.15) is 4.98 Å². The van der Waals surface area contributed by atoms with Crippen molar-refractivity contribution in [3.05, 3.63) is 58.7 Å². The summed E-state index contributed by atoms with van der Waals surface area (Å²) >= 11 is 6.30. The number of nitrogens with zero attached hydrogens (tertiary/aromatic N) is 4. The third-order valence-electron chi connectivity index (χ3n) is 4.97. The van der Waals surface area contributed by atoms with Gasteiger partial charge in [-0.15, -0.1) is 0 Å². The quantitative estimate of drug-likeness (QED) is 0.642. The molecule has 1 amide bonds. The molecule has 7 nitrogen and oxygen atoms in total. The fraction of sp³-hybridized carbons (Fsp3) is 0.333. The van der Waals surface area contributed by atoms with Crippen LogP contribution in [0.15, 0.2) is 41.1 Å². The van der Waals surface area contributed by atoms with E-state index in [1.807, 2.05) is 30.0 Å². The molecular weight excluding hydrogens is 392 g/mol. The number of benzene rings is 1. The first-order valence-electron chi connectivity index (χ1n) is 9.49. The van der Waals surface area contributed by atoms with Gasteiger partial charge in [0.15, 0.2) is 0 Å². The van der Waals surface area contributed by atoms with E-state index in [1.165, 1.54) is 0 Å². The highest BCUT2D eigenvalue weighted by Gasteiger charge is 2.30. The van der Waals surface area contributed by atoms with E-state index in [-0.39, 0.29) is 12.0 Å². The number of carbonyl (C=O) groups excluding carboxylic acids is 1. The number of hydrogen-bond donors (Lipinski definition) is 0. The number of likely N-dealkylation sites (tertiary alicyclic amines) is 1. The molecule has 29 heavy (non-hydrogen) atoms. The molecule has 1 aromatic carbocycles. The van der Waals surface area contributed by atoms with Crippen LogP contribution < -0.4 is 4.74 Å². The molecule has 0 saturated carbocycles. The minimum atomic E-state index is -0.102. The van der Waals surface area contributed by atoms with Crippen LogP contribution >= 0.6 is 11.6 Å². The zero-order chi connectivity index (χ0) is 20.4. The predicted molar refractivity (Wildman–Crippen MR) is 108 cm³/mol. The van der Waals surface area contributed by atoms with E-state index in [9.17, 15) is 4.79 Å². The molecule has 8 heteroatoms. The predicted octanol–water partition coefficient (Wildman–Crippen LogP) is 4.09. The first kappa shape index (κ1) is 19.4. The molecule has 1 fully saturated rings. The van der Waals surface area contributed by atoms with Crippen LogP contribution in [0.25, 0.3) is 11.3 Å². The molecule has 1 aliphatic heterocycles. The minimum Gasteiger partial charge on any atom is -0.474 e. The number of ether oxygens (including phenoxy) is 1. The Kier molecular flexibility index (Phi) is 5.49. The van der Waals surface area contributed by atoms with Crippen LogP contribution in [0, 0.1) is 13.8 Å². The third-order valence-corrected chi connectivity index (χ3v) is 5.30. The maximum Gasteiger partial charge on any atom is 0.259 e. The first-order valence-corrected chi connectivity index (χ1v) is 9.87. The van der Waals surface area contributed by atoms with E-state index in [4.69, 9.17) is 20.9 Å². The second kappa shape index (κ2) is 8.21. The Bertz CT molecular complexity index is 1030.